The molecule has 4 rings (SSSR count). The number of H-pyrrole nitrogens is 1. The van der Waals surface area contributed by atoms with Crippen LogP contribution in [-0.4, -0.2) is 20.9 Å². The smallest absolute Gasteiger partial charge is 0.258 e. The number of benzene rings is 2. The van der Waals surface area contributed by atoms with Gasteiger partial charge in [-0.1, -0.05) is 18.2 Å². The molecule has 6 heteroatoms. The number of hydrogen-bond donors (Lipinski definition) is 2. The highest BCUT2D eigenvalue weighted by atomic mass is 19.1. The maximum Gasteiger partial charge on any atom is 0.258 e. The topological polar surface area (TPSA) is 70.7 Å². The van der Waals surface area contributed by atoms with Gasteiger partial charge in [-0.15, -0.1) is 0 Å². The van der Waals surface area contributed by atoms with E-state index in [1.165, 1.54) is 12.1 Å². The Kier molecular flexibility index (Phi) is 3.70. The number of nitrogens with one attached hydrogen (secondary N) is 2. The minimum Gasteiger partial charge on any atom is -0.338 e. The third-order valence-corrected chi connectivity index (χ3v) is 3.81. The molecule has 0 aliphatic rings. The third-order valence-electron chi connectivity index (χ3n) is 3.81. The van der Waals surface area contributed by atoms with Crippen LogP contribution in [0.2, 0.25) is 0 Å². The average molecular weight is 332 g/mol. The molecule has 25 heavy (non-hydrogen) atoms. The first-order valence-corrected chi connectivity index (χ1v) is 7.67. The van der Waals surface area contributed by atoms with E-state index >= 15 is 0 Å². The second-order valence-corrected chi connectivity index (χ2v) is 5.46. The molecule has 0 radical (unpaired) electrons. The van der Waals surface area contributed by atoms with Crippen molar-refractivity contribution in [2.75, 3.05) is 5.32 Å². The fourth-order valence-electron chi connectivity index (χ4n) is 2.61. The van der Waals surface area contributed by atoms with E-state index in [0.717, 1.165) is 11.1 Å². The molecule has 2 heterocycles. The number of carbonyl (C=O) groups is 1. The Bertz CT molecular complexity index is 1060. The summed E-state index contributed by atoms with van der Waals surface area (Å²) in [4.78, 5) is 24.4. The summed E-state index contributed by atoms with van der Waals surface area (Å²) in [6.45, 7) is 0. The predicted molar refractivity (Wildman–Crippen MR) is 93.7 cm³/mol. The quantitative estimate of drug-likeness (QED) is 0.595. The molecule has 2 aromatic carbocycles. The van der Waals surface area contributed by atoms with Crippen LogP contribution in [0.15, 0.2) is 67.0 Å². The van der Waals surface area contributed by atoms with Crippen molar-refractivity contribution in [2.45, 2.75) is 0 Å². The number of pyridine rings is 1. The first-order valence-electron chi connectivity index (χ1n) is 7.67. The summed E-state index contributed by atoms with van der Waals surface area (Å²) in [6, 6.07) is 15.0. The Morgan fingerprint density at radius 2 is 1.92 bits per heavy atom. The van der Waals surface area contributed by atoms with Gasteiger partial charge in [-0.2, -0.15) is 0 Å². The normalized spacial score (nSPS) is 10.8. The van der Waals surface area contributed by atoms with Crippen molar-refractivity contribution >= 4 is 22.6 Å². The molecule has 2 aromatic heterocycles. The van der Waals surface area contributed by atoms with Crippen molar-refractivity contribution in [2.24, 2.45) is 0 Å². The molecule has 0 aliphatic carbocycles. The molecular weight excluding hydrogens is 319 g/mol. The molecule has 0 fully saturated rings. The van der Waals surface area contributed by atoms with Crippen LogP contribution in [0.1, 0.15) is 10.4 Å². The molecule has 0 saturated carbocycles. The number of para-hydroxylation sites is 2. The molecule has 4 aromatic rings. The van der Waals surface area contributed by atoms with E-state index < -0.39 is 11.7 Å². The zero-order valence-electron chi connectivity index (χ0n) is 13.0. The van der Waals surface area contributed by atoms with Gasteiger partial charge in [0.1, 0.15) is 17.2 Å². The summed E-state index contributed by atoms with van der Waals surface area (Å²) in [7, 11) is 0. The van der Waals surface area contributed by atoms with E-state index in [1.54, 1.807) is 36.7 Å². The number of carbonyl (C=O) groups excluding carboxylic acids is 1. The summed E-state index contributed by atoms with van der Waals surface area (Å²) >= 11 is 0. The van der Waals surface area contributed by atoms with E-state index in [0.29, 0.717) is 16.9 Å². The SMILES string of the molecule is O=C(Nc1ccccc1F)c1cccc2[nH]c(-c3cccnc3)nc12. The standard InChI is InChI=1S/C19H13FN4O/c20-14-7-1-2-8-15(14)23-19(25)13-6-3-9-16-17(13)24-18(22-16)12-5-4-10-21-11-12/h1-11H,(H,22,24)(H,23,25). The lowest BCUT2D eigenvalue weighted by Gasteiger charge is -2.06. The number of halogens is 1. The van der Waals surface area contributed by atoms with Gasteiger partial charge in [-0.3, -0.25) is 9.78 Å². The van der Waals surface area contributed by atoms with Crippen LogP contribution in [-0.2, 0) is 0 Å². The highest BCUT2D eigenvalue weighted by Gasteiger charge is 2.15. The maximum absolute atomic E-state index is 13.8. The molecule has 122 valence electrons. The van der Waals surface area contributed by atoms with E-state index in [2.05, 4.69) is 20.3 Å². The van der Waals surface area contributed by atoms with Crippen LogP contribution in [0.4, 0.5) is 10.1 Å². The van der Waals surface area contributed by atoms with Crippen LogP contribution in [0, 0.1) is 5.82 Å². The van der Waals surface area contributed by atoms with Gasteiger partial charge < -0.3 is 10.3 Å². The lowest BCUT2D eigenvalue weighted by Crippen LogP contribution is -2.13. The average Bonchev–Trinajstić information content (AvgIpc) is 3.08. The van der Waals surface area contributed by atoms with Crippen LogP contribution >= 0.6 is 0 Å². The summed E-state index contributed by atoms with van der Waals surface area (Å²) < 4.78 is 13.8. The second kappa shape index (κ2) is 6.16. The summed E-state index contributed by atoms with van der Waals surface area (Å²) in [5.74, 6) is -0.282. The van der Waals surface area contributed by atoms with Crippen LogP contribution in [0.25, 0.3) is 22.4 Å². The van der Waals surface area contributed by atoms with Crippen molar-refractivity contribution in [1.82, 2.24) is 15.0 Å². The van der Waals surface area contributed by atoms with Gasteiger partial charge in [0.05, 0.1) is 16.8 Å². The molecule has 1 amide bonds. The minimum atomic E-state index is -0.485. The zero-order valence-corrected chi connectivity index (χ0v) is 13.0. The van der Waals surface area contributed by atoms with Gasteiger partial charge in [0, 0.05) is 18.0 Å². The molecule has 0 bridgehead atoms. The fraction of sp³-hybridized carbons (Fsp3) is 0. The van der Waals surface area contributed by atoms with Crippen molar-refractivity contribution in [1.29, 1.82) is 0 Å². The van der Waals surface area contributed by atoms with Gasteiger partial charge in [0.15, 0.2) is 0 Å². The summed E-state index contributed by atoms with van der Waals surface area (Å²) in [6.07, 6.45) is 3.37. The van der Waals surface area contributed by atoms with E-state index in [1.807, 2.05) is 18.2 Å². The molecule has 0 saturated heterocycles. The van der Waals surface area contributed by atoms with Crippen LogP contribution < -0.4 is 5.32 Å². The zero-order chi connectivity index (χ0) is 17.2. The van der Waals surface area contributed by atoms with E-state index in [4.69, 9.17) is 0 Å². The van der Waals surface area contributed by atoms with Crippen LogP contribution in [0.3, 0.4) is 0 Å². The summed E-state index contributed by atoms with van der Waals surface area (Å²) in [5.41, 5.74) is 2.56. The largest absolute Gasteiger partial charge is 0.338 e. The van der Waals surface area contributed by atoms with Gasteiger partial charge >= 0.3 is 0 Å². The molecule has 0 aliphatic heterocycles. The lowest BCUT2D eigenvalue weighted by molar-refractivity contribution is 0.102. The number of fused-ring (bicyclic) bond motifs is 1. The van der Waals surface area contributed by atoms with Gasteiger partial charge in [-0.25, -0.2) is 9.37 Å². The molecular formula is C19H13FN4O. The summed E-state index contributed by atoms with van der Waals surface area (Å²) in [5, 5.41) is 2.59. The fourth-order valence-corrected chi connectivity index (χ4v) is 2.61. The Morgan fingerprint density at radius 1 is 1.04 bits per heavy atom. The van der Waals surface area contributed by atoms with Crippen molar-refractivity contribution in [3.05, 3.63) is 78.4 Å². The first-order chi connectivity index (χ1) is 12.2. The third kappa shape index (κ3) is 2.85. The Morgan fingerprint density at radius 3 is 2.72 bits per heavy atom. The number of amides is 1. The Hall–Kier alpha value is -3.54. The number of hydrogen-bond acceptors (Lipinski definition) is 3. The number of rotatable bonds is 3. The van der Waals surface area contributed by atoms with E-state index in [9.17, 15) is 9.18 Å². The monoisotopic (exact) mass is 332 g/mol. The first kappa shape index (κ1) is 15.0. The van der Waals surface area contributed by atoms with Crippen molar-refractivity contribution in [3.8, 4) is 11.4 Å². The number of imidazole rings is 1. The Labute approximate surface area is 142 Å². The lowest BCUT2D eigenvalue weighted by atomic mass is 10.1. The number of anilines is 1. The molecule has 0 spiro atoms. The van der Waals surface area contributed by atoms with Crippen molar-refractivity contribution in [3.63, 3.8) is 0 Å². The van der Waals surface area contributed by atoms with Gasteiger partial charge in [-0.05, 0) is 36.4 Å². The number of aromatic amines is 1. The predicted octanol–water partition coefficient (Wildman–Crippen LogP) is 4.02. The number of nitrogens with zero attached hydrogens (tertiary/aromatic N) is 2. The molecule has 5 nitrogen and oxygen atoms in total. The molecule has 0 atom stereocenters. The minimum absolute atomic E-state index is 0.132. The van der Waals surface area contributed by atoms with Gasteiger partial charge in [0.25, 0.3) is 5.91 Å². The highest BCUT2D eigenvalue weighted by molar-refractivity contribution is 6.11. The second-order valence-electron chi connectivity index (χ2n) is 5.46. The van der Waals surface area contributed by atoms with Gasteiger partial charge in [0.2, 0.25) is 0 Å². The van der Waals surface area contributed by atoms with Crippen LogP contribution in [0.5, 0.6) is 0 Å². The maximum atomic E-state index is 13.8. The number of aromatic nitrogens is 3. The van der Waals surface area contributed by atoms with E-state index in [-0.39, 0.29) is 5.69 Å². The molecule has 0 unspecified atom stereocenters. The molecule has 2 N–H and O–H groups in total. The Balaban J connectivity index is 1.74. The highest BCUT2D eigenvalue weighted by Crippen LogP contribution is 2.23. The van der Waals surface area contributed by atoms with Crippen molar-refractivity contribution < 1.29 is 9.18 Å².